The number of carbonyl (C=O) groups excluding carboxylic acids is 1. The summed E-state index contributed by atoms with van der Waals surface area (Å²) in [6.45, 7) is 23.1. The van der Waals surface area contributed by atoms with Crippen LogP contribution in [-0.4, -0.2) is 140 Å². The number of aryl methyl sites for hydroxylation is 3. The molecule has 0 bridgehead atoms. The van der Waals surface area contributed by atoms with Gasteiger partial charge in [-0.05, 0) is 186 Å². The Morgan fingerprint density at radius 3 is 1.34 bits per heavy atom. The summed E-state index contributed by atoms with van der Waals surface area (Å²) in [4.78, 5) is 56.9. The topological polar surface area (TPSA) is 329 Å². The van der Waals surface area contributed by atoms with Gasteiger partial charge in [0.15, 0.2) is 101 Å². The third kappa shape index (κ3) is 17.1. The van der Waals surface area contributed by atoms with Crippen LogP contribution in [0.2, 0.25) is 0 Å². The number of aliphatic hydroxyl groups is 1. The molecule has 0 unspecified atom stereocenters. The van der Waals surface area contributed by atoms with Gasteiger partial charge in [-0.3, -0.25) is 4.79 Å². The maximum atomic E-state index is 12.1. The lowest BCUT2D eigenvalue weighted by molar-refractivity contribution is -0.140. The number of imidazole rings is 3. The average molecular weight is 1680 g/mol. The molecule has 0 saturated carbocycles. The van der Waals surface area contributed by atoms with Gasteiger partial charge in [0.25, 0.3) is 5.91 Å². The van der Waals surface area contributed by atoms with E-state index in [1.807, 2.05) is 36.4 Å². The zero-order valence-electron chi connectivity index (χ0n) is 53.1. The standard InChI is InChI=1S/C22H25IN6O4S.2C20H25IN6O2S/c1-12(30)21(31)28-5-2-13(3-6-28)4-7-29-20-18(19(24)25-10-26-20)27-22(29)34-17-9-16-15(8-14(17)23)32-11-33-16;2*1-20(2,3)9-23-5-4-6-27-18-16(17(22)24-10-25-18)26-19(27)30-15-8-14-13(7-12(15)21)28-11-29-14/h8-10,12-13,30H,2-7,11H2,1H3,(H2,24,25,26);2*7-8,10,23H,4-6,9,11H2,1-3H3,(H2,22,24,25)/t12-;;/m0../s1/i23-3;21+4;21-3. The van der Waals surface area contributed by atoms with Crippen molar-refractivity contribution in [3.8, 4) is 34.5 Å². The number of hydrogen-bond donors (Lipinski definition) is 6. The van der Waals surface area contributed by atoms with Crippen LogP contribution in [0.4, 0.5) is 17.5 Å². The predicted octanol–water partition coefficient (Wildman–Crippen LogP) is 10.7. The Morgan fingerprint density at radius 1 is 0.585 bits per heavy atom. The number of carbonyl (C=O) groups is 1. The van der Waals surface area contributed by atoms with Crippen LogP contribution in [0, 0.1) is 27.5 Å². The zero-order valence-corrected chi connectivity index (χ0v) is 62.0. The van der Waals surface area contributed by atoms with Crippen molar-refractivity contribution >= 4 is 160 Å². The molecular weight excluding hydrogens is 1600 g/mol. The summed E-state index contributed by atoms with van der Waals surface area (Å²) in [5.74, 6) is 5.96. The highest BCUT2D eigenvalue weighted by molar-refractivity contribution is 14.1. The van der Waals surface area contributed by atoms with E-state index >= 15 is 0 Å². The Hall–Kier alpha value is -5.90. The summed E-state index contributed by atoms with van der Waals surface area (Å²) in [7, 11) is 0. The molecule has 0 aliphatic carbocycles. The molecule has 13 rings (SSSR count). The number of benzene rings is 3. The molecule has 500 valence electrons. The molecule has 0 radical (unpaired) electrons. The molecule has 4 aliphatic heterocycles. The molecule has 9 N–H and O–H groups in total. The number of halogens is 3. The summed E-state index contributed by atoms with van der Waals surface area (Å²) >= 11 is 11.6. The van der Waals surface area contributed by atoms with Gasteiger partial charge in [-0.25, -0.2) is 44.9 Å². The molecule has 0 spiro atoms. The van der Waals surface area contributed by atoms with Gasteiger partial charge in [0.2, 0.25) is 20.4 Å². The number of nitrogens with zero attached hydrogens (tertiary/aromatic N) is 13. The number of nitrogen functional groups attached to an aromatic ring is 3. The van der Waals surface area contributed by atoms with Crippen molar-refractivity contribution in [2.45, 2.75) is 136 Å². The van der Waals surface area contributed by atoms with Crippen molar-refractivity contribution in [2.24, 2.45) is 16.7 Å². The smallest absolute Gasteiger partial charge is 0.251 e. The van der Waals surface area contributed by atoms with E-state index in [-0.39, 0.29) is 37.1 Å². The first kappa shape index (κ1) is 69.5. The number of nitrogens with two attached hydrogens (primary N) is 3. The lowest BCUT2D eigenvalue weighted by Crippen LogP contribution is -2.43. The number of likely N-dealkylation sites (tertiary alicyclic amines) is 1. The number of hydrogen-bond acceptors (Lipinski definition) is 25. The van der Waals surface area contributed by atoms with E-state index in [1.54, 1.807) is 40.2 Å². The number of ether oxygens (including phenoxy) is 6. The fourth-order valence-corrected chi connectivity index (χ4v) is 15.7. The number of anilines is 3. The van der Waals surface area contributed by atoms with Gasteiger partial charge >= 0.3 is 0 Å². The first-order chi connectivity index (χ1) is 45.0. The fourth-order valence-electron chi connectivity index (χ4n) is 10.5. The molecular formula is C62H75I3N18O8S3. The van der Waals surface area contributed by atoms with Crippen LogP contribution in [0.15, 0.2) is 85.5 Å². The fraction of sp³-hybridized carbons (Fsp3) is 0.452. The predicted molar refractivity (Wildman–Crippen MR) is 387 cm³/mol. The number of piperidine rings is 1. The maximum absolute atomic E-state index is 12.1. The Morgan fingerprint density at radius 2 is 0.947 bits per heavy atom. The SMILES string of the molecule is CC(C)(C)CNCCCn1c(Sc2cc3c(cc2[124I])OCO3)nc2c(N)ncnc21.CC(C)(C)CNCCCn1c(Sc2cc3c(cc2[131I])OCO3)nc2c(N)ncnc21.C[C@H](O)C(=O)N1CCC(CCn2c(Sc3cc4c(cc3[124I])OCO4)nc3c(N)ncnc32)CC1. The van der Waals surface area contributed by atoms with Crippen molar-refractivity contribution in [2.75, 3.05) is 76.8 Å². The number of aromatic nitrogens is 12. The quantitative estimate of drug-likeness (QED) is 0.0305. The number of aliphatic hydroxyl groups excluding tert-OH is 1. The number of nitrogens with one attached hydrogen (secondary N) is 2. The molecule has 26 nitrogen and oxygen atoms in total. The third-order valence-corrected chi connectivity index (χ3v) is 22.2. The summed E-state index contributed by atoms with van der Waals surface area (Å²) < 4.78 is 42.6. The van der Waals surface area contributed by atoms with Crippen LogP contribution >= 0.6 is 103 Å². The molecule has 4 aliphatic rings. The number of amides is 1. The van der Waals surface area contributed by atoms with E-state index in [9.17, 15) is 9.90 Å². The van der Waals surface area contributed by atoms with Gasteiger partial charge in [0.1, 0.15) is 25.1 Å². The minimum absolute atomic E-state index is 0.191. The first-order valence-corrected chi connectivity index (χ1v) is 36.3. The molecule has 1 saturated heterocycles. The van der Waals surface area contributed by atoms with E-state index in [0.29, 0.717) is 58.7 Å². The van der Waals surface area contributed by atoms with Crippen LogP contribution in [-0.2, 0) is 24.4 Å². The van der Waals surface area contributed by atoms with Crippen molar-refractivity contribution in [3.05, 3.63) is 66.1 Å². The second-order valence-electron chi connectivity index (χ2n) is 25.1. The Balaban J connectivity index is 0.000000144. The van der Waals surface area contributed by atoms with Crippen LogP contribution in [0.1, 0.15) is 80.6 Å². The van der Waals surface area contributed by atoms with E-state index in [2.05, 4.69) is 164 Å². The number of rotatable bonds is 20. The monoisotopic (exact) mass is 1670 g/mol. The summed E-state index contributed by atoms with van der Waals surface area (Å²) in [5, 5.41) is 19.1. The number of fused-ring (bicyclic) bond motifs is 6. The van der Waals surface area contributed by atoms with Crippen molar-refractivity contribution < 1.29 is 38.3 Å². The second kappa shape index (κ2) is 30.7. The van der Waals surface area contributed by atoms with Gasteiger partial charge in [-0.1, -0.05) is 76.8 Å². The largest absolute Gasteiger partial charge is 0.454 e. The van der Waals surface area contributed by atoms with E-state index in [4.69, 9.17) is 60.6 Å². The highest BCUT2D eigenvalue weighted by Gasteiger charge is 2.28. The second-order valence-corrected chi connectivity index (χ2v) is 31.6. The molecule has 9 aromatic rings. The Bertz CT molecular complexity index is 4030. The normalized spacial score (nSPS) is 14.6. The molecule has 3 aromatic carbocycles. The van der Waals surface area contributed by atoms with E-state index < -0.39 is 6.10 Å². The highest BCUT2D eigenvalue weighted by Crippen LogP contribution is 2.45. The van der Waals surface area contributed by atoms with Crippen molar-refractivity contribution in [1.29, 1.82) is 0 Å². The summed E-state index contributed by atoms with van der Waals surface area (Å²) in [6.07, 6.45) is 8.16. The zero-order chi connectivity index (χ0) is 66.4. The first-order valence-electron chi connectivity index (χ1n) is 30.6. The van der Waals surface area contributed by atoms with Crippen LogP contribution in [0.3, 0.4) is 0 Å². The third-order valence-electron chi connectivity index (χ3n) is 15.3. The summed E-state index contributed by atoms with van der Waals surface area (Å²) in [5.41, 5.74) is 22.9. The minimum atomic E-state index is -0.947. The molecule has 1 fully saturated rings. The molecule has 1 atom stereocenters. The molecule has 1 amide bonds. The maximum Gasteiger partial charge on any atom is 0.251 e. The Labute approximate surface area is 597 Å². The van der Waals surface area contributed by atoms with E-state index in [1.165, 1.54) is 25.9 Å². The van der Waals surface area contributed by atoms with Gasteiger partial charge in [-0.15, -0.1) is 0 Å². The van der Waals surface area contributed by atoms with Crippen molar-refractivity contribution in [1.82, 2.24) is 74.1 Å². The lowest BCUT2D eigenvalue weighted by atomic mass is 9.93. The van der Waals surface area contributed by atoms with Gasteiger partial charge in [0.05, 0.1) is 0 Å². The highest BCUT2D eigenvalue weighted by atomic mass is 131. The van der Waals surface area contributed by atoms with Gasteiger partial charge < -0.3 is 80.0 Å². The molecule has 6 aromatic heterocycles. The average Bonchev–Trinajstić information content (AvgIpc) is 1.65. The lowest BCUT2D eigenvalue weighted by Gasteiger charge is -2.32. The van der Waals surface area contributed by atoms with Gasteiger partial charge in [-0.2, -0.15) is 0 Å². The minimum Gasteiger partial charge on any atom is -0.454 e. The molecule has 10 heterocycles. The Kier molecular flexibility index (Phi) is 22.7. The van der Waals surface area contributed by atoms with Crippen LogP contribution < -0.4 is 56.3 Å². The van der Waals surface area contributed by atoms with Crippen molar-refractivity contribution in [3.63, 3.8) is 0 Å². The van der Waals surface area contributed by atoms with E-state index in [0.717, 1.165) is 165 Å². The van der Waals surface area contributed by atoms with Gasteiger partial charge in [0, 0.05) is 58.1 Å². The summed E-state index contributed by atoms with van der Waals surface area (Å²) in [6, 6.07) is 11.9. The van der Waals surface area contributed by atoms with Crippen LogP contribution in [0.25, 0.3) is 33.5 Å². The molecule has 94 heavy (non-hydrogen) atoms. The van der Waals surface area contributed by atoms with Crippen LogP contribution in [0.5, 0.6) is 34.5 Å². The molecule has 32 heteroatoms.